The van der Waals surface area contributed by atoms with E-state index in [0.29, 0.717) is 23.6 Å². The number of rotatable bonds is 5. The van der Waals surface area contributed by atoms with Crippen LogP contribution in [0.4, 0.5) is 4.39 Å². The third-order valence-corrected chi connectivity index (χ3v) is 4.34. The highest BCUT2D eigenvalue weighted by molar-refractivity contribution is 7.10. The number of hydrogen-bond donors (Lipinski definition) is 2. The lowest BCUT2D eigenvalue weighted by Gasteiger charge is -2.11. The molecule has 0 unspecified atom stereocenters. The molecule has 2 rings (SSSR count). The Labute approximate surface area is 139 Å². The second-order valence-electron chi connectivity index (χ2n) is 4.99. The molecule has 23 heavy (non-hydrogen) atoms. The number of thiophene rings is 1. The molecular formula is C17H19FN4S. The van der Waals surface area contributed by atoms with Gasteiger partial charge in [-0.05, 0) is 43.0 Å². The lowest BCUT2D eigenvalue weighted by Crippen LogP contribution is -2.36. The highest BCUT2D eigenvalue weighted by Gasteiger charge is 2.05. The average Bonchev–Trinajstić information content (AvgIpc) is 2.96. The van der Waals surface area contributed by atoms with Gasteiger partial charge in [-0.3, -0.25) is 0 Å². The molecule has 1 heterocycles. The van der Waals surface area contributed by atoms with E-state index in [2.05, 4.69) is 34.0 Å². The van der Waals surface area contributed by atoms with E-state index in [4.69, 9.17) is 5.26 Å². The van der Waals surface area contributed by atoms with Crippen LogP contribution in [0.2, 0.25) is 0 Å². The van der Waals surface area contributed by atoms with Crippen molar-refractivity contribution in [3.05, 3.63) is 57.0 Å². The van der Waals surface area contributed by atoms with Crippen molar-refractivity contribution in [1.82, 2.24) is 10.6 Å². The molecule has 120 valence electrons. The smallest absolute Gasteiger partial charge is 0.191 e. The molecule has 0 saturated heterocycles. The first kappa shape index (κ1) is 17.0. The van der Waals surface area contributed by atoms with Gasteiger partial charge in [-0.25, -0.2) is 9.38 Å². The molecule has 0 aliphatic heterocycles. The Morgan fingerprint density at radius 2 is 2.17 bits per heavy atom. The van der Waals surface area contributed by atoms with Crippen molar-refractivity contribution in [2.24, 2.45) is 4.99 Å². The van der Waals surface area contributed by atoms with Crippen LogP contribution in [0.5, 0.6) is 0 Å². The van der Waals surface area contributed by atoms with Gasteiger partial charge in [0.1, 0.15) is 5.82 Å². The summed E-state index contributed by atoms with van der Waals surface area (Å²) in [7, 11) is 0. The minimum atomic E-state index is -0.405. The van der Waals surface area contributed by atoms with Gasteiger partial charge in [-0.15, -0.1) is 11.3 Å². The van der Waals surface area contributed by atoms with E-state index in [1.807, 2.05) is 13.0 Å². The fraction of sp³-hybridized carbons (Fsp3) is 0.294. The molecule has 0 atom stereocenters. The Balaban J connectivity index is 2.04. The highest BCUT2D eigenvalue weighted by Crippen LogP contribution is 2.15. The Bertz CT molecular complexity index is 730. The van der Waals surface area contributed by atoms with Crippen molar-refractivity contribution in [2.45, 2.75) is 26.9 Å². The molecule has 0 bridgehead atoms. The maximum absolute atomic E-state index is 13.9. The Kier molecular flexibility index (Phi) is 6.12. The van der Waals surface area contributed by atoms with Crippen molar-refractivity contribution in [1.29, 1.82) is 5.26 Å². The third kappa shape index (κ3) is 4.80. The standard InChI is InChI=1S/C17H19FN4S/c1-3-20-17(22-11-16-12(2)6-7-23-16)21-10-14-5-4-13(9-19)8-15(14)18/h4-8H,3,10-11H2,1-2H3,(H2,20,21,22). The minimum absolute atomic E-state index is 0.219. The normalized spacial score (nSPS) is 11.1. The van der Waals surface area contributed by atoms with Crippen LogP contribution in [0.15, 0.2) is 34.6 Å². The lowest BCUT2D eigenvalue weighted by atomic mass is 10.1. The number of nitrogens with one attached hydrogen (secondary N) is 2. The van der Waals surface area contributed by atoms with E-state index in [1.54, 1.807) is 23.5 Å². The van der Waals surface area contributed by atoms with Crippen LogP contribution in [-0.2, 0) is 13.1 Å². The number of aliphatic imine (C=N–C) groups is 1. The lowest BCUT2D eigenvalue weighted by molar-refractivity contribution is 0.609. The van der Waals surface area contributed by atoms with Gasteiger partial charge in [0.2, 0.25) is 0 Å². The highest BCUT2D eigenvalue weighted by atomic mass is 32.1. The zero-order chi connectivity index (χ0) is 16.7. The summed E-state index contributed by atoms with van der Waals surface area (Å²) in [5, 5.41) is 17.2. The van der Waals surface area contributed by atoms with Crippen molar-refractivity contribution in [3.8, 4) is 6.07 Å². The van der Waals surface area contributed by atoms with Gasteiger partial charge >= 0.3 is 0 Å². The number of guanidine groups is 1. The van der Waals surface area contributed by atoms with E-state index in [9.17, 15) is 4.39 Å². The quantitative estimate of drug-likeness (QED) is 0.653. The van der Waals surface area contributed by atoms with Gasteiger partial charge in [0.05, 0.1) is 24.7 Å². The molecule has 4 nitrogen and oxygen atoms in total. The summed E-state index contributed by atoms with van der Waals surface area (Å²) in [5.74, 6) is 0.238. The van der Waals surface area contributed by atoms with Gasteiger partial charge in [0.25, 0.3) is 0 Å². The maximum atomic E-state index is 13.9. The first-order valence-corrected chi connectivity index (χ1v) is 8.25. The SMILES string of the molecule is CCNC(=NCc1ccc(C#N)cc1F)NCc1sccc1C. The number of benzene rings is 1. The predicted molar refractivity (Wildman–Crippen MR) is 91.8 cm³/mol. The summed E-state index contributed by atoms with van der Waals surface area (Å²) in [4.78, 5) is 5.66. The second kappa shape index (κ2) is 8.30. The van der Waals surface area contributed by atoms with Crippen molar-refractivity contribution in [3.63, 3.8) is 0 Å². The first-order chi connectivity index (χ1) is 11.1. The molecule has 0 amide bonds. The third-order valence-electron chi connectivity index (χ3n) is 3.32. The molecule has 0 radical (unpaired) electrons. The van der Waals surface area contributed by atoms with Crippen molar-refractivity contribution < 1.29 is 4.39 Å². The topological polar surface area (TPSA) is 60.2 Å². The number of nitriles is 1. The molecule has 0 saturated carbocycles. The van der Waals surface area contributed by atoms with Gasteiger partial charge in [0.15, 0.2) is 5.96 Å². The molecule has 2 aromatic rings. The summed E-state index contributed by atoms with van der Waals surface area (Å²) in [6.07, 6.45) is 0. The molecule has 0 aliphatic carbocycles. The largest absolute Gasteiger partial charge is 0.357 e. The number of halogens is 1. The zero-order valence-electron chi connectivity index (χ0n) is 13.2. The summed E-state index contributed by atoms with van der Waals surface area (Å²) >= 11 is 1.69. The molecule has 1 aromatic carbocycles. The van der Waals surface area contributed by atoms with Gasteiger partial charge < -0.3 is 10.6 Å². The van der Waals surface area contributed by atoms with Crippen LogP contribution in [0.1, 0.15) is 28.5 Å². The molecule has 1 aromatic heterocycles. The molecule has 2 N–H and O–H groups in total. The van der Waals surface area contributed by atoms with E-state index in [0.717, 1.165) is 6.54 Å². The number of aryl methyl sites for hydroxylation is 1. The van der Waals surface area contributed by atoms with Crippen molar-refractivity contribution in [2.75, 3.05) is 6.54 Å². The molecular weight excluding hydrogens is 311 g/mol. The van der Waals surface area contributed by atoms with E-state index in [1.165, 1.54) is 16.5 Å². The van der Waals surface area contributed by atoms with Gasteiger partial charge in [-0.2, -0.15) is 5.26 Å². The monoisotopic (exact) mass is 330 g/mol. The zero-order valence-corrected chi connectivity index (χ0v) is 14.0. The van der Waals surface area contributed by atoms with E-state index in [-0.39, 0.29) is 6.54 Å². The fourth-order valence-corrected chi connectivity index (χ4v) is 2.85. The fourth-order valence-electron chi connectivity index (χ4n) is 2.00. The summed E-state index contributed by atoms with van der Waals surface area (Å²) in [6, 6.07) is 8.44. The second-order valence-corrected chi connectivity index (χ2v) is 5.99. The molecule has 6 heteroatoms. The van der Waals surface area contributed by atoms with Crippen LogP contribution in [0, 0.1) is 24.1 Å². The van der Waals surface area contributed by atoms with E-state index < -0.39 is 5.82 Å². The van der Waals surface area contributed by atoms with Gasteiger partial charge in [-0.1, -0.05) is 6.07 Å². The predicted octanol–water partition coefficient (Wildman–Crippen LogP) is 3.32. The number of hydrogen-bond acceptors (Lipinski definition) is 3. The van der Waals surface area contributed by atoms with Crippen LogP contribution < -0.4 is 10.6 Å². The molecule has 0 aliphatic rings. The summed E-state index contributed by atoms with van der Waals surface area (Å²) in [5.41, 5.74) is 2.03. The average molecular weight is 330 g/mol. The number of nitrogens with zero attached hydrogens (tertiary/aromatic N) is 2. The maximum Gasteiger partial charge on any atom is 0.191 e. The summed E-state index contributed by atoms with van der Waals surface area (Å²) < 4.78 is 13.9. The van der Waals surface area contributed by atoms with Crippen LogP contribution in [-0.4, -0.2) is 12.5 Å². The van der Waals surface area contributed by atoms with Crippen LogP contribution in [0.25, 0.3) is 0 Å². The van der Waals surface area contributed by atoms with Crippen molar-refractivity contribution >= 4 is 17.3 Å². The van der Waals surface area contributed by atoms with Crippen LogP contribution in [0.3, 0.4) is 0 Å². The minimum Gasteiger partial charge on any atom is -0.357 e. The van der Waals surface area contributed by atoms with Gasteiger partial charge in [0, 0.05) is 17.0 Å². The Morgan fingerprint density at radius 1 is 1.35 bits per heavy atom. The van der Waals surface area contributed by atoms with E-state index >= 15 is 0 Å². The molecule has 0 fully saturated rings. The van der Waals surface area contributed by atoms with Crippen LogP contribution >= 0.6 is 11.3 Å². The summed E-state index contributed by atoms with van der Waals surface area (Å²) in [6.45, 7) is 5.69. The molecule has 0 spiro atoms. The first-order valence-electron chi connectivity index (χ1n) is 7.37. The Hall–Kier alpha value is -2.39. The Morgan fingerprint density at radius 3 is 2.78 bits per heavy atom.